The van der Waals surface area contributed by atoms with Gasteiger partial charge in [0.05, 0.1) is 5.69 Å². The molecule has 0 spiro atoms. The molecular formula is C13H17FN2OS. The van der Waals surface area contributed by atoms with Gasteiger partial charge in [-0.3, -0.25) is 4.79 Å². The fraction of sp³-hybridized carbons (Fsp3) is 0.462. The molecule has 0 saturated heterocycles. The zero-order valence-corrected chi connectivity index (χ0v) is 11.1. The van der Waals surface area contributed by atoms with E-state index < -0.39 is 5.82 Å². The zero-order valence-electron chi connectivity index (χ0n) is 10.3. The van der Waals surface area contributed by atoms with E-state index in [4.69, 9.17) is 5.73 Å². The maximum Gasteiger partial charge on any atom is 0.251 e. The summed E-state index contributed by atoms with van der Waals surface area (Å²) in [6.45, 7) is 0. The molecule has 0 heterocycles. The third-order valence-electron chi connectivity index (χ3n) is 3.33. The van der Waals surface area contributed by atoms with Crippen molar-refractivity contribution in [2.45, 2.75) is 30.6 Å². The summed E-state index contributed by atoms with van der Waals surface area (Å²) < 4.78 is 13.0. The molecule has 0 radical (unpaired) electrons. The van der Waals surface area contributed by atoms with Gasteiger partial charge < -0.3 is 11.1 Å². The van der Waals surface area contributed by atoms with E-state index in [0.717, 1.165) is 19.3 Å². The number of amides is 1. The second kappa shape index (κ2) is 5.61. The van der Waals surface area contributed by atoms with Crippen molar-refractivity contribution in [1.29, 1.82) is 0 Å². The number of hydrogen-bond donors (Lipinski definition) is 2. The van der Waals surface area contributed by atoms with Gasteiger partial charge in [0.1, 0.15) is 5.82 Å². The predicted molar refractivity (Wildman–Crippen MR) is 73.2 cm³/mol. The van der Waals surface area contributed by atoms with Crippen molar-refractivity contribution in [3.63, 3.8) is 0 Å². The van der Waals surface area contributed by atoms with Crippen LogP contribution in [0.4, 0.5) is 10.1 Å². The standard InChI is InChI=1S/C13H17FN2OS/c1-18-12-4-2-3-11(12)16-13(17)8-5-6-9(14)10(15)7-8/h5-7,11-12H,2-4,15H2,1H3,(H,16,17). The molecule has 2 rings (SSSR count). The molecule has 98 valence electrons. The Hall–Kier alpha value is -1.23. The molecule has 0 aromatic heterocycles. The van der Waals surface area contributed by atoms with Crippen molar-refractivity contribution >= 4 is 23.4 Å². The summed E-state index contributed by atoms with van der Waals surface area (Å²) in [5.74, 6) is -0.665. The number of nitrogens with two attached hydrogens (primary N) is 1. The predicted octanol–water partition coefficient (Wildman–Crippen LogP) is 2.42. The maximum atomic E-state index is 13.0. The second-order valence-electron chi connectivity index (χ2n) is 4.52. The van der Waals surface area contributed by atoms with Gasteiger partial charge >= 0.3 is 0 Å². The maximum absolute atomic E-state index is 13.0. The molecule has 1 saturated carbocycles. The summed E-state index contributed by atoms with van der Waals surface area (Å²) in [7, 11) is 0. The summed E-state index contributed by atoms with van der Waals surface area (Å²) in [5.41, 5.74) is 5.89. The Balaban J connectivity index is 2.05. The number of rotatable bonds is 3. The van der Waals surface area contributed by atoms with Gasteiger partial charge in [-0.25, -0.2) is 4.39 Å². The highest BCUT2D eigenvalue weighted by Gasteiger charge is 2.28. The molecule has 5 heteroatoms. The van der Waals surface area contributed by atoms with E-state index in [-0.39, 0.29) is 17.6 Å². The largest absolute Gasteiger partial charge is 0.396 e. The molecule has 1 amide bonds. The van der Waals surface area contributed by atoms with Crippen LogP contribution in [0.1, 0.15) is 29.6 Å². The minimum Gasteiger partial charge on any atom is -0.396 e. The second-order valence-corrected chi connectivity index (χ2v) is 5.60. The minimum absolute atomic E-state index is 0.00971. The first-order chi connectivity index (χ1) is 8.61. The number of anilines is 1. The van der Waals surface area contributed by atoms with Crippen LogP contribution in [0.15, 0.2) is 18.2 Å². The Morgan fingerprint density at radius 3 is 2.94 bits per heavy atom. The molecule has 0 aliphatic heterocycles. The minimum atomic E-state index is -0.491. The molecule has 3 nitrogen and oxygen atoms in total. The van der Waals surface area contributed by atoms with Crippen LogP contribution in [-0.4, -0.2) is 23.5 Å². The van der Waals surface area contributed by atoms with Crippen molar-refractivity contribution in [3.8, 4) is 0 Å². The van der Waals surface area contributed by atoms with Gasteiger partial charge in [-0.1, -0.05) is 6.42 Å². The van der Waals surface area contributed by atoms with E-state index in [1.807, 2.05) is 0 Å². The van der Waals surface area contributed by atoms with Gasteiger partial charge in [-0.15, -0.1) is 0 Å². The smallest absolute Gasteiger partial charge is 0.251 e. The third-order valence-corrected chi connectivity index (χ3v) is 4.50. The van der Waals surface area contributed by atoms with Crippen molar-refractivity contribution < 1.29 is 9.18 Å². The monoisotopic (exact) mass is 268 g/mol. The fourth-order valence-electron chi connectivity index (χ4n) is 2.31. The molecule has 1 fully saturated rings. The van der Waals surface area contributed by atoms with Gasteiger partial charge in [-0.2, -0.15) is 11.8 Å². The molecule has 1 aromatic rings. The number of nitrogens with one attached hydrogen (secondary N) is 1. The molecular weight excluding hydrogens is 251 g/mol. The quantitative estimate of drug-likeness (QED) is 0.828. The normalized spacial score (nSPS) is 23.0. The van der Waals surface area contributed by atoms with Gasteiger partial charge in [0, 0.05) is 16.9 Å². The van der Waals surface area contributed by atoms with Crippen LogP contribution in [0.2, 0.25) is 0 Å². The van der Waals surface area contributed by atoms with E-state index in [0.29, 0.717) is 10.8 Å². The van der Waals surface area contributed by atoms with Crippen molar-refractivity contribution in [3.05, 3.63) is 29.6 Å². The Kier molecular flexibility index (Phi) is 4.11. The Morgan fingerprint density at radius 2 is 2.28 bits per heavy atom. The van der Waals surface area contributed by atoms with E-state index in [2.05, 4.69) is 11.6 Å². The SMILES string of the molecule is CSC1CCCC1NC(=O)c1ccc(F)c(N)c1. The van der Waals surface area contributed by atoms with Crippen LogP contribution in [0, 0.1) is 5.82 Å². The number of carbonyl (C=O) groups is 1. The number of carbonyl (C=O) groups excluding carboxylic acids is 1. The summed E-state index contributed by atoms with van der Waals surface area (Å²) in [6.07, 6.45) is 5.35. The first kappa shape index (κ1) is 13.2. The van der Waals surface area contributed by atoms with E-state index in [1.54, 1.807) is 11.8 Å². The van der Waals surface area contributed by atoms with Crippen LogP contribution >= 0.6 is 11.8 Å². The fourth-order valence-corrected chi connectivity index (χ4v) is 3.24. The average molecular weight is 268 g/mol. The lowest BCUT2D eigenvalue weighted by atomic mass is 10.1. The highest BCUT2D eigenvalue weighted by molar-refractivity contribution is 7.99. The Bertz CT molecular complexity index is 453. The zero-order chi connectivity index (χ0) is 13.1. The summed E-state index contributed by atoms with van der Waals surface area (Å²) in [6, 6.07) is 4.28. The van der Waals surface area contributed by atoms with Gasteiger partial charge in [-0.05, 0) is 37.3 Å². The van der Waals surface area contributed by atoms with Crippen LogP contribution < -0.4 is 11.1 Å². The van der Waals surface area contributed by atoms with Gasteiger partial charge in [0.2, 0.25) is 0 Å². The number of halogens is 1. The topological polar surface area (TPSA) is 55.1 Å². The number of benzene rings is 1. The van der Waals surface area contributed by atoms with Crippen molar-refractivity contribution in [2.75, 3.05) is 12.0 Å². The lowest BCUT2D eigenvalue weighted by Gasteiger charge is -2.19. The van der Waals surface area contributed by atoms with Crippen LogP contribution in [0.5, 0.6) is 0 Å². The molecule has 2 atom stereocenters. The number of hydrogen-bond acceptors (Lipinski definition) is 3. The van der Waals surface area contributed by atoms with Gasteiger partial charge in [0.25, 0.3) is 5.91 Å². The Labute approximate surface area is 110 Å². The Morgan fingerprint density at radius 1 is 1.50 bits per heavy atom. The molecule has 18 heavy (non-hydrogen) atoms. The van der Waals surface area contributed by atoms with Crippen LogP contribution in [-0.2, 0) is 0 Å². The first-order valence-corrected chi connectivity index (χ1v) is 7.29. The molecule has 0 bridgehead atoms. The van der Waals surface area contributed by atoms with Crippen LogP contribution in [0.25, 0.3) is 0 Å². The highest BCUT2D eigenvalue weighted by atomic mass is 32.2. The molecule has 1 aliphatic carbocycles. The summed E-state index contributed by atoms with van der Waals surface area (Å²) in [5, 5.41) is 3.48. The lowest BCUT2D eigenvalue weighted by molar-refractivity contribution is 0.0938. The number of nitrogen functional groups attached to an aromatic ring is 1. The van der Waals surface area contributed by atoms with E-state index in [9.17, 15) is 9.18 Å². The summed E-state index contributed by atoms with van der Waals surface area (Å²) in [4.78, 5) is 12.0. The molecule has 1 aliphatic rings. The summed E-state index contributed by atoms with van der Waals surface area (Å²) >= 11 is 1.78. The lowest BCUT2D eigenvalue weighted by Crippen LogP contribution is -2.38. The van der Waals surface area contributed by atoms with E-state index in [1.165, 1.54) is 18.2 Å². The molecule has 1 aromatic carbocycles. The third kappa shape index (κ3) is 2.77. The van der Waals surface area contributed by atoms with Crippen LogP contribution in [0.3, 0.4) is 0 Å². The first-order valence-electron chi connectivity index (χ1n) is 6.00. The number of thioether (sulfide) groups is 1. The highest BCUT2D eigenvalue weighted by Crippen LogP contribution is 2.28. The molecule has 2 unspecified atom stereocenters. The van der Waals surface area contributed by atoms with Crippen molar-refractivity contribution in [2.24, 2.45) is 0 Å². The molecule has 3 N–H and O–H groups in total. The average Bonchev–Trinajstić information content (AvgIpc) is 2.79. The van der Waals surface area contributed by atoms with Gasteiger partial charge in [0.15, 0.2) is 0 Å². The van der Waals surface area contributed by atoms with Crippen molar-refractivity contribution in [1.82, 2.24) is 5.32 Å². The van der Waals surface area contributed by atoms with E-state index >= 15 is 0 Å².